The molecule has 4 atom stereocenters. The molecule has 11 heteroatoms. The van der Waals surface area contributed by atoms with Crippen LogP contribution < -0.4 is 10.0 Å². The third-order valence-corrected chi connectivity index (χ3v) is 7.76. The molecule has 0 bridgehead atoms. The Bertz CT molecular complexity index is 1040. The number of imide groups is 1. The normalized spacial score (nSPS) is 22.3. The number of ether oxygens (including phenoxy) is 1. The summed E-state index contributed by atoms with van der Waals surface area (Å²) in [4.78, 5) is 51.5. The molecular weight excluding hydrogens is 462 g/mol. The van der Waals surface area contributed by atoms with Crippen molar-refractivity contribution in [2.45, 2.75) is 76.5 Å². The van der Waals surface area contributed by atoms with Crippen molar-refractivity contribution in [1.29, 1.82) is 0 Å². The van der Waals surface area contributed by atoms with Crippen LogP contribution in [0, 0.1) is 11.8 Å². The molecule has 1 heterocycles. The highest BCUT2D eigenvalue weighted by molar-refractivity contribution is 7.89. The maximum atomic E-state index is 12.7. The second-order valence-electron chi connectivity index (χ2n) is 9.09. The minimum atomic E-state index is -3.66. The fourth-order valence-corrected chi connectivity index (χ4v) is 5.59. The van der Waals surface area contributed by atoms with E-state index in [-0.39, 0.29) is 34.6 Å². The van der Waals surface area contributed by atoms with E-state index in [9.17, 15) is 27.6 Å². The van der Waals surface area contributed by atoms with Gasteiger partial charge >= 0.3 is 5.97 Å². The second kappa shape index (κ2) is 10.2. The van der Waals surface area contributed by atoms with Crippen molar-refractivity contribution in [2.24, 2.45) is 11.8 Å². The van der Waals surface area contributed by atoms with Gasteiger partial charge in [-0.15, -0.1) is 0 Å². The molecule has 1 saturated carbocycles. The first kappa shape index (κ1) is 25.8. The fraction of sp³-hybridized carbons (Fsp3) is 0.565. The molecule has 34 heavy (non-hydrogen) atoms. The van der Waals surface area contributed by atoms with E-state index in [1.807, 2.05) is 0 Å². The number of carbonyl (C=O) groups is 4. The van der Waals surface area contributed by atoms with E-state index >= 15 is 0 Å². The Morgan fingerprint density at radius 1 is 0.971 bits per heavy atom. The number of carbonyl (C=O) groups excluding carboxylic acids is 4. The molecule has 2 N–H and O–H groups in total. The number of rotatable bonds is 8. The number of fused-ring (bicyclic) bond motifs is 1. The van der Waals surface area contributed by atoms with Gasteiger partial charge in [-0.25, -0.2) is 17.9 Å². The van der Waals surface area contributed by atoms with Gasteiger partial charge in [-0.3, -0.25) is 19.3 Å². The zero-order valence-electron chi connectivity index (χ0n) is 19.7. The van der Waals surface area contributed by atoms with Gasteiger partial charge in [0.2, 0.25) is 21.8 Å². The number of nitrogens with zero attached hydrogens (tertiary/aromatic N) is 1. The molecule has 1 aliphatic carbocycles. The number of anilines is 1. The first-order valence-corrected chi connectivity index (χ1v) is 12.9. The topological polar surface area (TPSA) is 139 Å². The van der Waals surface area contributed by atoms with E-state index in [4.69, 9.17) is 4.74 Å². The predicted octanol–water partition coefficient (Wildman–Crippen LogP) is 1.81. The molecule has 1 aliphatic heterocycles. The van der Waals surface area contributed by atoms with E-state index in [1.54, 1.807) is 13.8 Å². The maximum Gasteiger partial charge on any atom is 0.329 e. The smallest absolute Gasteiger partial charge is 0.329 e. The Kier molecular flexibility index (Phi) is 7.77. The minimum Gasteiger partial charge on any atom is -0.451 e. The molecular formula is C23H31N3O7S. The molecule has 0 aromatic heterocycles. The lowest BCUT2D eigenvalue weighted by Crippen LogP contribution is -2.46. The molecule has 3 amide bonds. The van der Waals surface area contributed by atoms with Crippen LogP contribution in [0.25, 0.3) is 0 Å². The van der Waals surface area contributed by atoms with Crippen LogP contribution in [0.3, 0.4) is 0 Å². The molecule has 2 fully saturated rings. The van der Waals surface area contributed by atoms with Gasteiger partial charge in [0.05, 0.1) is 16.7 Å². The summed E-state index contributed by atoms with van der Waals surface area (Å²) in [5, 5.41) is 2.55. The van der Waals surface area contributed by atoms with Crippen molar-refractivity contribution < 1.29 is 32.3 Å². The summed E-state index contributed by atoms with van der Waals surface area (Å²) in [6.07, 6.45) is 1.84. The van der Waals surface area contributed by atoms with E-state index in [0.717, 1.165) is 17.7 Å². The van der Waals surface area contributed by atoms with Gasteiger partial charge in [0, 0.05) is 11.7 Å². The van der Waals surface area contributed by atoms with Gasteiger partial charge in [-0.1, -0.05) is 12.8 Å². The van der Waals surface area contributed by atoms with Crippen LogP contribution in [0.4, 0.5) is 5.69 Å². The number of amides is 3. The largest absolute Gasteiger partial charge is 0.451 e. The number of nitrogens with one attached hydrogen (secondary N) is 2. The van der Waals surface area contributed by atoms with Crippen LogP contribution >= 0.6 is 0 Å². The van der Waals surface area contributed by atoms with Crippen LogP contribution in [-0.4, -0.2) is 55.2 Å². The van der Waals surface area contributed by atoms with E-state index < -0.39 is 34.0 Å². The van der Waals surface area contributed by atoms with Crippen molar-refractivity contribution in [2.75, 3.05) is 5.32 Å². The molecule has 3 unspecified atom stereocenters. The highest BCUT2D eigenvalue weighted by atomic mass is 32.2. The summed E-state index contributed by atoms with van der Waals surface area (Å²) in [5.41, 5.74) is 0.318. The highest BCUT2D eigenvalue weighted by Gasteiger charge is 2.51. The lowest BCUT2D eigenvalue weighted by Gasteiger charge is -2.23. The van der Waals surface area contributed by atoms with Crippen molar-refractivity contribution in [3.05, 3.63) is 24.3 Å². The number of benzene rings is 1. The Balaban J connectivity index is 1.58. The van der Waals surface area contributed by atoms with E-state index in [1.165, 1.54) is 38.1 Å². The monoisotopic (exact) mass is 493 g/mol. The third-order valence-electron chi connectivity index (χ3n) is 6.09. The Morgan fingerprint density at radius 2 is 1.50 bits per heavy atom. The van der Waals surface area contributed by atoms with E-state index in [0.29, 0.717) is 18.5 Å². The van der Waals surface area contributed by atoms with Crippen LogP contribution in [0.5, 0.6) is 0 Å². The predicted molar refractivity (Wildman–Crippen MR) is 123 cm³/mol. The number of hydrogen-bond acceptors (Lipinski definition) is 7. The molecule has 0 spiro atoms. The standard InChI is InChI=1S/C23H31N3O7S/c1-13(2)25-34(31,32)17-11-9-16(10-12-17)24-20(27)15(4)33-23(30)14(3)26-21(28)18-7-5-6-8-19(18)22(26)29/h9-15,18-19,25H,5-8H2,1-4H3,(H,24,27)/t14-,15?,18?,19?/m0/s1. The van der Waals surface area contributed by atoms with Gasteiger partial charge in [0.1, 0.15) is 6.04 Å². The molecule has 1 aromatic carbocycles. The molecule has 3 rings (SSSR count). The lowest BCUT2D eigenvalue weighted by atomic mass is 9.81. The summed E-state index contributed by atoms with van der Waals surface area (Å²) in [5.74, 6) is -2.93. The number of hydrogen-bond donors (Lipinski definition) is 2. The van der Waals surface area contributed by atoms with E-state index in [2.05, 4.69) is 10.0 Å². The summed E-state index contributed by atoms with van der Waals surface area (Å²) < 4.78 is 32.1. The SMILES string of the molecule is CC(C)NS(=O)(=O)c1ccc(NC(=O)C(C)OC(=O)[C@H](C)N2C(=O)C3CCCCC3C2=O)cc1. The lowest BCUT2D eigenvalue weighted by molar-refractivity contribution is -0.163. The Hall–Kier alpha value is -2.79. The van der Waals surface area contributed by atoms with Crippen LogP contribution in [-0.2, 0) is 33.9 Å². The molecule has 186 valence electrons. The van der Waals surface area contributed by atoms with Crippen molar-refractivity contribution in [1.82, 2.24) is 9.62 Å². The first-order valence-electron chi connectivity index (χ1n) is 11.4. The minimum absolute atomic E-state index is 0.0491. The third kappa shape index (κ3) is 5.47. The number of likely N-dealkylation sites (tertiary alicyclic amines) is 1. The Morgan fingerprint density at radius 3 is 2.00 bits per heavy atom. The van der Waals surface area contributed by atoms with Crippen LogP contribution in [0.15, 0.2) is 29.2 Å². The van der Waals surface area contributed by atoms with Gasteiger partial charge in [-0.2, -0.15) is 0 Å². The number of sulfonamides is 1. The van der Waals surface area contributed by atoms with Crippen molar-refractivity contribution in [3.63, 3.8) is 0 Å². The van der Waals surface area contributed by atoms with Crippen molar-refractivity contribution in [3.8, 4) is 0 Å². The van der Waals surface area contributed by atoms with Gasteiger partial charge in [0.25, 0.3) is 5.91 Å². The summed E-state index contributed by atoms with van der Waals surface area (Å²) in [7, 11) is -3.66. The van der Waals surface area contributed by atoms with Gasteiger partial charge in [0.15, 0.2) is 6.10 Å². The summed E-state index contributed by atoms with van der Waals surface area (Å²) in [6, 6.07) is 4.16. The van der Waals surface area contributed by atoms with Crippen LogP contribution in [0.1, 0.15) is 53.4 Å². The van der Waals surface area contributed by atoms with Crippen LogP contribution in [0.2, 0.25) is 0 Å². The summed E-state index contributed by atoms with van der Waals surface area (Å²) >= 11 is 0. The quantitative estimate of drug-likeness (QED) is 0.416. The fourth-order valence-electron chi connectivity index (χ4n) is 4.34. The molecule has 1 aromatic rings. The molecule has 1 saturated heterocycles. The molecule has 0 radical (unpaired) electrons. The zero-order valence-corrected chi connectivity index (χ0v) is 20.6. The number of esters is 1. The van der Waals surface area contributed by atoms with Crippen molar-refractivity contribution >= 4 is 39.4 Å². The van der Waals surface area contributed by atoms with Gasteiger partial charge in [-0.05, 0) is 64.8 Å². The molecule has 10 nitrogen and oxygen atoms in total. The highest BCUT2D eigenvalue weighted by Crippen LogP contribution is 2.39. The van der Waals surface area contributed by atoms with Gasteiger partial charge < -0.3 is 10.1 Å². The maximum absolute atomic E-state index is 12.7. The second-order valence-corrected chi connectivity index (χ2v) is 10.8. The Labute approximate surface area is 199 Å². The first-order chi connectivity index (χ1) is 15.9. The summed E-state index contributed by atoms with van der Waals surface area (Å²) in [6.45, 7) is 6.21. The molecule has 2 aliphatic rings. The average molecular weight is 494 g/mol. The zero-order chi connectivity index (χ0) is 25.2. The average Bonchev–Trinajstić information content (AvgIpc) is 3.03.